The average molecular weight is 260 g/mol. The molecule has 1 aromatic heterocycles. The summed E-state index contributed by atoms with van der Waals surface area (Å²) < 4.78 is 0. The van der Waals surface area contributed by atoms with Crippen LogP contribution in [0.25, 0.3) is 0 Å². The van der Waals surface area contributed by atoms with E-state index in [2.05, 4.69) is 15.0 Å². The number of halogens is 1. The maximum absolute atomic E-state index is 9.47. The lowest BCUT2D eigenvalue weighted by molar-refractivity contribution is 0.0572. The summed E-state index contributed by atoms with van der Waals surface area (Å²) in [5, 5.41) is 19.0. The van der Waals surface area contributed by atoms with Crippen LogP contribution in [0.2, 0.25) is 5.28 Å². The fraction of sp³-hybridized carbons (Fsp3) is 0.667. The van der Waals surface area contributed by atoms with Crippen molar-refractivity contribution in [2.24, 2.45) is 0 Å². The minimum atomic E-state index is -0.784. The largest absolute Gasteiger partial charge is 0.388 e. The summed E-state index contributed by atoms with van der Waals surface area (Å²) in [5.41, 5.74) is 0. The molecule has 7 nitrogen and oxygen atoms in total. The molecule has 0 aliphatic carbocycles. The minimum Gasteiger partial charge on any atom is -0.388 e. The summed E-state index contributed by atoms with van der Waals surface area (Å²) in [5.74, 6) is 0.806. The molecule has 1 aliphatic heterocycles. The first-order valence-corrected chi connectivity index (χ1v) is 5.55. The zero-order chi connectivity index (χ0) is 12.6. The van der Waals surface area contributed by atoms with E-state index >= 15 is 0 Å². The molecule has 0 amide bonds. The predicted molar refractivity (Wildman–Crippen MR) is 63.4 cm³/mol. The zero-order valence-electron chi connectivity index (χ0n) is 9.58. The van der Waals surface area contributed by atoms with Crippen molar-refractivity contribution in [3.8, 4) is 0 Å². The van der Waals surface area contributed by atoms with Crippen LogP contribution in [0, 0.1) is 0 Å². The van der Waals surface area contributed by atoms with Crippen molar-refractivity contribution >= 4 is 23.5 Å². The van der Waals surface area contributed by atoms with Crippen molar-refractivity contribution in [1.82, 2.24) is 15.0 Å². The molecule has 2 N–H and O–H groups in total. The molecule has 0 spiro atoms. The lowest BCUT2D eigenvalue weighted by Crippen LogP contribution is -2.25. The van der Waals surface area contributed by atoms with E-state index in [0.717, 1.165) is 0 Å². The van der Waals surface area contributed by atoms with Gasteiger partial charge in [-0.05, 0) is 11.6 Å². The first-order chi connectivity index (χ1) is 7.97. The van der Waals surface area contributed by atoms with Crippen LogP contribution in [0.5, 0.6) is 0 Å². The van der Waals surface area contributed by atoms with Gasteiger partial charge < -0.3 is 20.0 Å². The summed E-state index contributed by atoms with van der Waals surface area (Å²) in [6.45, 7) is 0.572. The quantitative estimate of drug-likeness (QED) is 0.714. The van der Waals surface area contributed by atoms with Gasteiger partial charge in [0.25, 0.3) is 0 Å². The van der Waals surface area contributed by atoms with E-state index in [9.17, 15) is 10.2 Å². The molecule has 1 fully saturated rings. The zero-order valence-corrected chi connectivity index (χ0v) is 10.3. The average Bonchev–Trinajstić information content (AvgIpc) is 2.58. The van der Waals surface area contributed by atoms with Gasteiger partial charge in [-0.2, -0.15) is 15.0 Å². The summed E-state index contributed by atoms with van der Waals surface area (Å²) in [7, 11) is 3.59. The molecule has 2 unspecified atom stereocenters. The highest BCUT2D eigenvalue weighted by Crippen LogP contribution is 2.20. The molecule has 17 heavy (non-hydrogen) atoms. The van der Waals surface area contributed by atoms with Crippen LogP contribution in [-0.4, -0.2) is 64.6 Å². The third-order valence-corrected chi connectivity index (χ3v) is 2.70. The molecular weight excluding hydrogens is 246 g/mol. The second-order valence-electron chi connectivity index (χ2n) is 4.14. The Balaban J connectivity index is 2.27. The van der Waals surface area contributed by atoms with E-state index < -0.39 is 12.2 Å². The lowest BCUT2D eigenvalue weighted by atomic mass is 10.3. The van der Waals surface area contributed by atoms with Crippen LogP contribution in [-0.2, 0) is 0 Å². The Morgan fingerprint density at radius 1 is 1.18 bits per heavy atom. The molecule has 94 valence electrons. The summed E-state index contributed by atoms with van der Waals surface area (Å²) in [4.78, 5) is 15.5. The monoisotopic (exact) mass is 259 g/mol. The highest BCUT2D eigenvalue weighted by Gasteiger charge is 2.31. The van der Waals surface area contributed by atoms with Crippen LogP contribution < -0.4 is 9.80 Å². The van der Waals surface area contributed by atoms with Crippen LogP contribution >= 0.6 is 11.6 Å². The molecule has 0 radical (unpaired) electrons. The van der Waals surface area contributed by atoms with Gasteiger partial charge in [-0.15, -0.1) is 0 Å². The minimum absolute atomic E-state index is 0.0922. The second-order valence-corrected chi connectivity index (χ2v) is 4.48. The van der Waals surface area contributed by atoms with Crippen molar-refractivity contribution in [1.29, 1.82) is 0 Å². The van der Waals surface area contributed by atoms with Crippen molar-refractivity contribution < 1.29 is 10.2 Å². The van der Waals surface area contributed by atoms with Crippen LogP contribution in [0.1, 0.15) is 0 Å². The first-order valence-electron chi connectivity index (χ1n) is 5.17. The number of β-amino-alcohol motifs (C(OH)–C–C–N with tert-alkyl or cyclic N) is 2. The van der Waals surface area contributed by atoms with Gasteiger partial charge in [0.1, 0.15) is 0 Å². The van der Waals surface area contributed by atoms with E-state index in [1.54, 1.807) is 23.9 Å². The number of nitrogens with zero attached hydrogens (tertiary/aromatic N) is 5. The molecule has 1 aliphatic rings. The number of aromatic nitrogens is 3. The third-order valence-electron chi connectivity index (χ3n) is 2.53. The van der Waals surface area contributed by atoms with E-state index in [0.29, 0.717) is 11.9 Å². The third kappa shape index (κ3) is 2.56. The number of aliphatic hydroxyl groups is 2. The first kappa shape index (κ1) is 12.3. The molecule has 8 heteroatoms. The van der Waals surface area contributed by atoms with Gasteiger partial charge in [0.2, 0.25) is 17.2 Å². The maximum Gasteiger partial charge on any atom is 0.231 e. The van der Waals surface area contributed by atoms with Crippen LogP contribution in [0.3, 0.4) is 0 Å². The number of aliphatic hydroxyl groups excluding tert-OH is 2. The molecule has 2 atom stereocenters. The molecule has 0 bridgehead atoms. The van der Waals surface area contributed by atoms with E-state index in [1.165, 1.54) is 0 Å². The van der Waals surface area contributed by atoms with Crippen LogP contribution in [0.15, 0.2) is 0 Å². The number of hydrogen-bond donors (Lipinski definition) is 2. The highest BCUT2D eigenvalue weighted by molar-refractivity contribution is 6.28. The maximum atomic E-state index is 9.47. The molecule has 2 rings (SSSR count). The Labute approximate surface area is 104 Å². The van der Waals surface area contributed by atoms with Crippen molar-refractivity contribution in [2.75, 3.05) is 37.0 Å². The second kappa shape index (κ2) is 4.59. The standard InChI is InChI=1S/C9H14ClN5O2/c1-14(2)8-11-7(10)12-9(13-8)15-3-5(16)6(17)4-15/h5-6,16-17H,3-4H2,1-2H3. The SMILES string of the molecule is CN(C)c1nc(Cl)nc(N2CC(O)C(O)C2)n1. The predicted octanol–water partition coefficient (Wildman–Crippen LogP) is -0.867. The topological polar surface area (TPSA) is 85.6 Å². The molecule has 0 saturated carbocycles. The molecule has 1 aromatic rings. The highest BCUT2D eigenvalue weighted by atomic mass is 35.5. The van der Waals surface area contributed by atoms with Crippen molar-refractivity contribution in [3.05, 3.63) is 5.28 Å². The lowest BCUT2D eigenvalue weighted by Gasteiger charge is -2.17. The van der Waals surface area contributed by atoms with Gasteiger partial charge in [0, 0.05) is 27.2 Å². The number of hydrogen-bond acceptors (Lipinski definition) is 7. The van der Waals surface area contributed by atoms with E-state index in [1.807, 2.05) is 0 Å². The Morgan fingerprint density at radius 3 is 2.29 bits per heavy atom. The van der Waals surface area contributed by atoms with Gasteiger partial charge in [0.15, 0.2) is 0 Å². The summed E-state index contributed by atoms with van der Waals surface area (Å²) >= 11 is 5.80. The Kier molecular flexibility index (Phi) is 3.32. The number of anilines is 2. The van der Waals surface area contributed by atoms with Gasteiger partial charge in [-0.1, -0.05) is 0 Å². The molecule has 1 saturated heterocycles. The Morgan fingerprint density at radius 2 is 1.76 bits per heavy atom. The summed E-state index contributed by atoms with van der Waals surface area (Å²) in [6, 6.07) is 0. The van der Waals surface area contributed by atoms with E-state index in [-0.39, 0.29) is 18.4 Å². The van der Waals surface area contributed by atoms with Gasteiger partial charge in [0.05, 0.1) is 12.2 Å². The smallest absolute Gasteiger partial charge is 0.231 e. The molecular formula is C9H14ClN5O2. The van der Waals surface area contributed by atoms with Gasteiger partial charge >= 0.3 is 0 Å². The molecule has 0 aromatic carbocycles. The summed E-state index contributed by atoms with van der Waals surface area (Å²) in [6.07, 6.45) is -1.57. The fourth-order valence-electron chi connectivity index (χ4n) is 1.60. The normalized spacial score (nSPS) is 24.2. The molecule has 2 heterocycles. The number of rotatable bonds is 2. The fourth-order valence-corrected chi connectivity index (χ4v) is 1.75. The van der Waals surface area contributed by atoms with Gasteiger partial charge in [-0.25, -0.2) is 0 Å². The Bertz CT molecular complexity index is 406. The van der Waals surface area contributed by atoms with Crippen LogP contribution in [0.4, 0.5) is 11.9 Å². The van der Waals surface area contributed by atoms with Crippen molar-refractivity contribution in [2.45, 2.75) is 12.2 Å². The van der Waals surface area contributed by atoms with E-state index in [4.69, 9.17) is 11.6 Å². The Hall–Kier alpha value is -1.18. The van der Waals surface area contributed by atoms with Crippen molar-refractivity contribution in [3.63, 3.8) is 0 Å². The van der Waals surface area contributed by atoms with Gasteiger partial charge in [-0.3, -0.25) is 0 Å².